The topological polar surface area (TPSA) is 66.5 Å². The van der Waals surface area contributed by atoms with Gasteiger partial charge in [-0.1, -0.05) is 36.4 Å². The van der Waals surface area contributed by atoms with Gasteiger partial charge in [-0.2, -0.15) is 0 Å². The van der Waals surface area contributed by atoms with Gasteiger partial charge in [0.05, 0.1) is 11.9 Å². The Kier molecular flexibility index (Phi) is 6.96. The Bertz CT molecular complexity index is 872. The number of sulfonamides is 1. The number of anilines is 1. The Labute approximate surface area is 160 Å². The summed E-state index contributed by atoms with van der Waals surface area (Å²) in [5.74, 6) is -0.991. The number of benzene rings is 2. The molecule has 0 unspecified atom stereocenters. The third kappa shape index (κ3) is 6.06. The van der Waals surface area contributed by atoms with Crippen LogP contribution in [0.2, 0.25) is 0 Å². The highest BCUT2D eigenvalue weighted by atomic mass is 32.2. The molecule has 1 N–H and O–H groups in total. The molecule has 0 spiro atoms. The van der Waals surface area contributed by atoms with E-state index in [2.05, 4.69) is 5.32 Å². The number of amides is 1. The number of hydrogen-bond donors (Lipinski definition) is 1. The van der Waals surface area contributed by atoms with Crippen LogP contribution in [0.4, 0.5) is 10.1 Å². The molecule has 5 nitrogen and oxygen atoms in total. The predicted molar refractivity (Wildman–Crippen MR) is 106 cm³/mol. The normalized spacial score (nSPS) is 13.6. The first-order valence-corrected chi connectivity index (χ1v) is 10.6. The molecule has 7 heteroatoms. The quantitative estimate of drug-likeness (QED) is 0.751. The second kappa shape index (κ2) is 8.99. The van der Waals surface area contributed by atoms with Gasteiger partial charge in [0.15, 0.2) is 0 Å². The van der Waals surface area contributed by atoms with Gasteiger partial charge in [0.2, 0.25) is 15.9 Å². The Morgan fingerprint density at radius 3 is 2.37 bits per heavy atom. The molecule has 0 radical (unpaired) electrons. The summed E-state index contributed by atoms with van der Waals surface area (Å²) in [5, 5.41) is 2.85. The molecule has 0 aliphatic heterocycles. The molecule has 27 heavy (non-hydrogen) atoms. The summed E-state index contributed by atoms with van der Waals surface area (Å²) in [6.07, 6.45) is 2.53. The summed E-state index contributed by atoms with van der Waals surface area (Å²) in [6.45, 7) is 3.37. The summed E-state index contributed by atoms with van der Waals surface area (Å²) in [7, 11) is -3.76. The molecule has 1 amide bonds. The first-order valence-electron chi connectivity index (χ1n) is 8.77. The van der Waals surface area contributed by atoms with E-state index >= 15 is 0 Å². The number of hydrogen-bond acceptors (Lipinski definition) is 3. The first-order chi connectivity index (χ1) is 12.7. The lowest BCUT2D eigenvalue weighted by Crippen LogP contribution is -2.50. The third-order valence-corrected chi connectivity index (χ3v) is 5.49. The third-order valence-electron chi connectivity index (χ3n) is 4.25. The van der Waals surface area contributed by atoms with Crippen molar-refractivity contribution in [3.63, 3.8) is 0 Å². The van der Waals surface area contributed by atoms with E-state index in [4.69, 9.17) is 0 Å². The van der Waals surface area contributed by atoms with Crippen LogP contribution in [0, 0.1) is 5.82 Å². The number of halogens is 1. The highest BCUT2D eigenvalue weighted by Gasteiger charge is 2.29. The molecule has 0 heterocycles. The zero-order valence-electron chi connectivity index (χ0n) is 15.7. The van der Waals surface area contributed by atoms with Gasteiger partial charge in [-0.15, -0.1) is 0 Å². The SMILES string of the molecule is C[C@H](CCc1ccccc1)NC(=O)[C@H](C)N(c1cccc(F)c1)S(C)(=O)=O. The molecule has 0 bridgehead atoms. The fourth-order valence-corrected chi connectivity index (χ4v) is 4.05. The lowest BCUT2D eigenvalue weighted by atomic mass is 10.1. The van der Waals surface area contributed by atoms with Crippen LogP contribution in [0.3, 0.4) is 0 Å². The predicted octanol–water partition coefficient (Wildman–Crippen LogP) is 3.12. The van der Waals surface area contributed by atoms with Crippen molar-refractivity contribution in [2.45, 2.75) is 38.8 Å². The van der Waals surface area contributed by atoms with E-state index in [1.54, 1.807) is 0 Å². The van der Waals surface area contributed by atoms with Crippen LogP contribution in [0.25, 0.3) is 0 Å². The summed E-state index contributed by atoms with van der Waals surface area (Å²) in [5.41, 5.74) is 1.29. The standard InChI is InChI=1S/C20H25FN2O3S/c1-15(12-13-17-8-5-4-6-9-17)22-20(24)16(2)23(27(3,25)26)19-11-7-10-18(21)14-19/h4-11,14-16H,12-13H2,1-3H3,(H,22,24)/t15-,16+/m1/s1. The molecule has 2 aromatic carbocycles. The van der Waals surface area contributed by atoms with E-state index < -0.39 is 27.8 Å². The number of rotatable bonds is 8. The van der Waals surface area contributed by atoms with Crippen molar-refractivity contribution in [1.82, 2.24) is 5.32 Å². The van der Waals surface area contributed by atoms with Crippen LogP contribution in [-0.2, 0) is 21.2 Å². The smallest absolute Gasteiger partial charge is 0.243 e. The monoisotopic (exact) mass is 392 g/mol. The van der Waals surface area contributed by atoms with Crippen LogP contribution in [0.15, 0.2) is 54.6 Å². The summed E-state index contributed by atoms with van der Waals surface area (Å²) in [6, 6.07) is 14.0. The molecular formula is C20H25FN2O3S. The van der Waals surface area contributed by atoms with E-state index in [-0.39, 0.29) is 11.7 Å². The maximum atomic E-state index is 13.5. The number of aryl methyl sites for hydroxylation is 1. The van der Waals surface area contributed by atoms with Crippen LogP contribution in [0.5, 0.6) is 0 Å². The molecule has 0 saturated carbocycles. The second-order valence-corrected chi connectivity index (χ2v) is 8.51. The zero-order valence-corrected chi connectivity index (χ0v) is 16.5. The van der Waals surface area contributed by atoms with E-state index in [0.717, 1.165) is 29.5 Å². The van der Waals surface area contributed by atoms with E-state index in [0.29, 0.717) is 0 Å². The minimum absolute atomic E-state index is 0.122. The van der Waals surface area contributed by atoms with Crippen molar-refractivity contribution >= 4 is 21.6 Å². The van der Waals surface area contributed by atoms with E-state index in [1.165, 1.54) is 30.7 Å². The maximum Gasteiger partial charge on any atom is 0.243 e. The highest BCUT2D eigenvalue weighted by molar-refractivity contribution is 7.92. The summed E-state index contributed by atoms with van der Waals surface area (Å²) >= 11 is 0. The van der Waals surface area contributed by atoms with Gasteiger partial charge >= 0.3 is 0 Å². The van der Waals surface area contributed by atoms with Crippen molar-refractivity contribution in [2.24, 2.45) is 0 Å². The number of nitrogens with zero attached hydrogens (tertiary/aromatic N) is 1. The largest absolute Gasteiger partial charge is 0.352 e. The van der Waals surface area contributed by atoms with Crippen LogP contribution in [0.1, 0.15) is 25.8 Å². The van der Waals surface area contributed by atoms with Crippen LogP contribution in [-0.4, -0.2) is 32.7 Å². The molecular weight excluding hydrogens is 367 g/mol. The molecule has 0 fully saturated rings. The average molecular weight is 392 g/mol. The van der Waals surface area contributed by atoms with Crippen molar-refractivity contribution < 1.29 is 17.6 Å². The zero-order chi connectivity index (χ0) is 20.0. The van der Waals surface area contributed by atoms with Crippen LogP contribution < -0.4 is 9.62 Å². The number of carbonyl (C=O) groups excluding carboxylic acids is 1. The van der Waals surface area contributed by atoms with Gasteiger partial charge in [0.25, 0.3) is 0 Å². The van der Waals surface area contributed by atoms with Gasteiger partial charge in [0.1, 0.15) is 11.9 Å². The Morgan fingerprint density at radius 2 is 1.78 bits per heavy atom. The molecule has 0 saturated heterocycles. The molecule has 146 valence electrons. The lowest BCUT2D eigenvalue weighted by molar-refractivity contribution is -0.122. The fourth-order valence-electron chi connectivity index (χ4n) is 2.89. The average Bonchev–Trinajstić information content (AvgIpc) is 2.60. The van der Waals surface area contributed by atoms with Crippen molar-refractivity contribution in [3.8, 4) is 0 Å². The molecule has 2 rings (SSSR count). The Hall–Kier alpha value is -2.41. The van der Waals surface area contributed by atoms with E-state index in [9.17, 15) is 17.6 Å². The van der Waals surface area contributed by atoms with Crippen molar-refractivity contribution in [3.05, 3.63) is 66.0 Å². The molecule has 0 aromatic heterocycles. The van der Waals surface area contributed by atoms with Gasteiger partial charge in [-0.05, 0) is 50.5 Å². The highest BCUT2D eigenvalue weighted by Crippen LogP contribution is 2.21. The molecule has 0 aliphatic carbocycles. The number of nitrogens with one attached hydrogen (secondary N) is 1. The molecule has 2 atom stereocenters. The van der Waals surface area contributed by atoms with Crippen molar-refractivity contribution in [1.29, 1.82) is 0 Å². The van der Waals surface area contributed by atoms with Gasteiger partial charge in [-0.3, -0.25) is 9.10 Å². The second-order valence-electron chi connectivity index (χ2n) is 6.65. The fraction of sp³-hybridized carbons (Fsp3) is 0.350. The Morgan fingerprint density at radius 1 is 1.11 bits per heavy atom. The van der Waals surface area contributed by atoms with Gasteiger partial charge in [0, 0.05) is 6.04 Å². The van der Waals surface area contributed by atoms with E-state index in [1.807, 2.05) is 37.3 Å². The Balaban J connectivity index is 2.06. The minimum atomic E-state index is -3.76. The molecule has 0 aliphatic rings. The number of carbonyl (C=O) groups is 1. The lowest BCUT2D eigenvalue weighted by Gasteiger charge is -2.29. The molecule has 2 aromatic rings. The van der Waals surface area contributed by atoms with Gasteiger partial charge < -0.3 is 5.32 Å². The summed E-state index contributed by atoms with van der Waals surface area (Å²) < 4.78 is 38.9. The van der Waals surface area contributed by atoms with Crippen molar-refractivity contribution in [2.75, 3.05) is 10.6 Å². The van der Waals surface area contributed by atoms with Crippen LogP contribution >= 0.6 is 0 Å². The maximum absolute atomic E-state index is 13.5. The summed E-state index contributed by atoms with van der Waals surface area (Å²) in [4.78, 5) is 12.6. The van der Waals surface area contributed by atoms with Gasteiger partial charge in [-0.25, -0.2) is 12.8 Å². The minimum Gasteiger partial charge on any atom is -0.352 e. The first kappa shape index (κ1) is 20.9.